The van der Waals surface area contributed by atoms with Crippen LogP contribution in [0.5, 0.6) is 0 Å². The number of halogens is 2. The van der Waals surface area contributed by atoms with Crippen molar-refractivity contribution in [3.63, 3.8) is 0 Å². The van der Waals surface area contributed by atoms with Gasteiger partial charge >= 0.3 is 0 Å². The molecule has 1 aromatic carbocycles. The van der Waals surface area contributed by atoms with Gasteiger partial charge in [-0.2, -0.15) is 0 Å². The molecule has 0 saturated carbocycles. The first-order valence-corrected chi connectivity index (χ1v) is 9.62. The topological polar surface area (TPSA) is 30.9 Å². The molecule has 1 aromatic rings. The monoisotopic (exact) mass is 488 g/mol. The maximum absolute atomic E-state index is 13.8. The summed E-state index contributed by atoms with van der Waals surface area (Å²) in [6.45, 7) is 8.45. The molecule has 1 aliphatic heterocycles. The number of likely N-dealkylation sites (tertiary alicyclic amines) is 1. The third-order valence-corrected chi connectivity index (χ3v) is 5.08. The summed E-state index contributed by atoms with van der Waals surface area (Å²) in [4.78, 5) is 8.91. The van der Waals surface area contributed by atoms with E-state index in [0.717, 1.165) is 63.4 Å². The van der Waals surface area contributed by atoms with Crippen molar-refractivity contribution in [1.29, 1.82) is 0 Å². The van der Waals surface area contributed by atoms with E-state index in [1.807, 2.05) is 25.3 Å². The first-order valence-electron chi connectivity index (χ1n) is 9.62. The number of guanidine groups is 1. The van der Waals surface area contributed by atoms with Gasteiger partial charge < -0.3 is 10.2 Å². The van der Waals surface area contributed by atoms with Gasteiger partial charge in [-0.3, -0.25) is 9.89 Å². The molecule has 0 aliphatic carbocycles. The lowest BCUT2D eigenvalue weighted by molar-refractivity contribution is 0.176. The third-order valence-electron chi connectivity index (χ3n) is 5.08. The minimum atomic E-state index is -0.0976. The molecule has 4 nitrogen and oxygen atoms in total. The van der Waals surface area contributed by atoms with Crippen LogP contribution in [0.25, 0.3) is 0 Å². The lowest BCUT2D eigenvalue weighted by Gasteiger charge is -2.33. The molecular weight excluding hydrogens is 454 g/mol. The van der Waals surface area contributed by atoms with E-state index in [4.69, 9.17) is 0 Å². The number of hydrogen-bond acceptors (Lipinski definition) is 2. The molecule has 1 fully saturated rings. The van der Waals surface area contributed by atoms with Crippen LogP contribution in [0, 0.1) is 11.7 Å². The highest BCUT2D eigenvalue weighted by molar-refractivity contribution is 14.0. The fourth-order valence-corrected chi connectivity index (χ4v) is 3.42. The Kier molecular flexibility index (Phi) is 11.6. The number of hydrogen-bond donors (Lipinski definition) is 1. The average Bonchev–Trinajstić information content (AvgIpc) is 2.65. The summed E-state index contributed by atoms with van der Waals surface area (Å²) in [6.07, 6.45) is 6.35. The van der Waals surface area contributed by atoms with Gasteiger partial charge in [-0.1, -0.05) is 24.3 Å². The van der Waals surface area contributed by atoms with Crippen LogP contribution in [0.3, 0.4) is 0 Å². The van der Waals surface area contributed by atoms with Gasteiger partial charge in [0.15, 0.2) is 5.96 Å². The fraction of sp³-hybridized carbons (Fsp3) is 0.571. The van der Waals surface area contributed by atoms with Gasteiger partial charge in [-0.25, -0.2) is 4.39 Å². The molecule has 1 N–H and O–H groups in total. The number of aliphatic imine (C=N–C) groups is 1. The number of benzene rings is 1. The SMILES string of the molecule is C=CCCCN(C)C(=NC)NCC1CCN(Cc2ccccc2F)CC1.I. The molecule has 0 spiro atoms. The van der Waals surface area contributed by atoms with E-state index >= 15 is 0 Å². The second-order valence-corrected chi connectivity index (χ2v) is 7.09. The maximum Gasteiger partial charge on any atom is 0.193 e. The van der Waals surface area contributed by atoms with E-state index in [-0.39, 0.29) is 29.8 Å². The number of piperidine rings is 1. The third kappa shape index (κ3) is 8.17. The van der Waals surface area contributed by atoms with E-state index in [1.54, 1.807) is 12.1 Å². The summed E-state index contributed by atoms with van der Waals surface area (Å²) in [7, 11) is 3.92. The molecule has 0 unspecified atom stereocenters. The smallest absolute Gasteiger partial charge is 0.193 e. The largest absolute Gasteiger partial charge is 0.356 e. The summed E-state index contributed by atoms with van der Waals surface area (Å²) in [6, 6.07) is 7.09. The van der Waals surface area contributed by atoms with Crippen molar-refractivity contribution >= 4 is 29.9 Å². The first kappa shape index (κ1) is 23.9. The van der Waals surface area contributed by atoms with Crippen molar-refractivity contribution < 1.29 is 4.39 Å². The molecule has 0 aromatic heterocycles. The Morgan fingerprint density at radius 2 is 2.07 bits per heavy atom. The van der Waals surface area contributed by atoms with Crippen molar-refractivity contribution in [3.8, 4) is 0 Å². The quantitative estimate of drug-likeness (QED) is 0.196. The molecule has 1 heterocycles. The van der Waals surface area contributed by atoms with E-state index in [9.17, 15) is 4.39 Å². The Morgan fingerprint density at radius 1 is 1.37 bits per heavy atom. The molecule has 0 atom stereocenters. The van der Waals surface area contributed by atoms with Crippen molar-refractivity contribution in [2.75, 3.05) is 40.3 Å². The second-order valence-electron chi connectivity index (χ2n) is 7.09. The normalized spacial score (nSPS) is 15.9. The van der Waals surface area contributed by atoms with Crippen LogP contribution >= 0.6 is 24.0 Å². The number of unbranched alkanes of at least 4 members (excludes halogenated alkanes) is 1. The van der Waals surface area contributed by atoms with Crippen molar-refractivity contribution in [3.05, 3.63) is 48.3 Å². The lowest BCUT2D eigenvalue weighted by Crippen LogP contribution is -2.43. The molecule has 0 amide bonds. The number of nitrogens with one attached hydrogen (secondary N) is 1. The van der Waals surface area contributed by atoms with Crippen molar-refractivity contribution in [1.82, 2.24) is 15.1 Å². The fourth-order valence-electron chi connectivity index (χ4n) is 3.42. The molecule has 0 radical (unpaired) electrons. The Hall–Kier alpha value is -1.15. The van der Waals surface area contributed by atoms with Crippen molar-refractivity contribution in [2.24, 2.45) is 10.9 Å². The summed E-state index contributed by atoms with van der Waals surface area (Å²) in [5.74, 6) is 1.51. The van der Waals surface area contributed by atoms with Crippen LogP contribution in [0.1, 0.15) is 31.2 Å². The highest BCUT2D eigenvalue weighted by Gasteiger charge is 2.20. The highest BCUT2D eigenvalue weighted by Crippen LogP contribution is 2.19. The minimum Gasteiger partial charge on any atom is -0.356 e. The zero-order valence-electron chi connectivity index (χ0n) is 16.7. The molecular formula is C21H34FIN4. The summed E-state index contributed by atoms with van der Waals surface area (Å²) in [5, 5.41) is 3.51. The van der Waals surface area contributed by atoms with Gasteiger partial charge in [0.2, 0.25) is 0 Å². The van der Waals surface area contributed by atoms with E-state index in [0.29, 0.717) is 12.5 Å². The molecule has 6 heteroatoms. The van der Waals surface area contributed by atoms with Crippen LogP contribution in [-0.4, -0.2) is 56.0 Å². The first-order chi connectivity index (χ1) is 12.6. The summed E-state index contributed by atoms with van der Waals surface area (Å²) < 4.78 is 13.8. The molecule has 27 heavy (non-hydrogen) atoms. The number of nitrogens with zero attached hydrogens (tertiary/aromatic N) is 3. The van der Waals surface area contributed by atoms with Gasteiger partial charge in [-0.15, -0.1) is 30.6 Å². The van der Waals surface area contributed by atoms with E-state index < -0.39 is 0 Å². The predicted molar refractivity (Wildman–Crippen MR) is 123 cm³/mol. The number of rotatable bonds is 8. The van der Waals surface area contributed by atoms with Crippen LogP contribution in [-0.2, 0) is 6.54 Å². The zero-order chi connectivity index (χ0) is 18.8. The lowest BCUT2D eigenvalue weighted by atomic mass is 9.96. The van der Waals surface area contributed by atoms with Gasteiger partial charge in [0.25, 0.3) is 0 Å². The van der Waals surface area contributed by atoms with Gasteiger partial charge in [0.1, 0.15) is 5.82 Å². The molecule has 0 bridgehead atoms. The molecule has 1 aliphatic rings. The van der Waals surface area contributed by atoms with E-state index in [2.05, 4.69) is 33.7 Å². The second kappa shape index (κ2) is 13.1. The average molecular weight is 488 g/mol. The summed E-state index contributed by atoms with van der Waals surface area (Å²) in [5.41, 5.74) is 0.797. The Balaban J connectivity index is 0.00000364. The Bertz CT molecular complexity index is 585. The van der Waals surface area contributed by atoms with Crippen molar-refractivity contribution in [2.45, 2.75) is 32.2 Å². The van der Waals surface area contributed by atoms with Crippen LogP contribution in [0.4, 0.5) is 4.39 Å². The molecule has 152 valence electrons. The Morgan fingerprint density at radius 3 is 2.70 bits per heavy atom. The zero-order valence-corrected chi connectivity index (χ0v) is 19.0. The van der Waals surface area contributed by atoms with Gasteiger partial charge in [0.05, 0.1) is 0 Å². The minimum absolute atomic E-state index is 0. The van der Waals surface area contributed by atoms with Crippen LogP contribution in [0.2, 0.25) is 0 Å². The molecule has 1 saturated heterocycles. The van der Waals surface area contributed by atoms with E-state index in [1.165, 1.54) is 0 Å². The van der Waals surface area contributed by atoms with Crippen LogP contribution < -0.4 is 5.32 Å². The standard InChI is InChI=1S/C21H33FN4.HI/c1-4-5-8-13-25(3)21(23-2)24-16-18-11-14-26(15-12-18)17-19-9-6-7-10-20(19)22;/h4,6-7,9-10,18H,1,5,8,11-17H2,2-3H3,(H,23,24);1H. The van der Waals surface area contributed by atoms with Crippen LogP contribution in [0.15, 0.2) is 41.9 Å². The highest BCUT2D eigenvalue weighted by atomic mass is 127. The number of allylic oxidation sites excluding steroid dienone is 1. The molecule has 2 rings (SSSR count). The maximum atomic E-state index is 13.8. The summed E-state index contributed by atoms with van der Waals surface area (Å²) >= 11 is 0. The predicted octanol–water partition coefficient (Wildman–Crippen LogP) is 4.13. The van der Waals surface area contributed by atoms with Gasteiger partial charge in [-0.05, 0) is 50.8 Å². The Labute approximate surface area is 180 Å². The van der Waals surface area contributed by atoms with Gasteiger partial charge in [0, 0.05) is 39.3 Å².